The molecule has 0 bridgehead atoms. The van der Waals surface area contributed by atoms with Crippen LogP contribution < -0.4 is 9.64 Å². The average Bonchev–Trinajstić information content (AvgIpc) is 3.02. The van der Waals surface area contributed by atoms with E-state index in [4.69, 9.17) is 9.84 Å². The Morgan fingerprint density at radius 3 is 2.79 bits per heavy atom. The van der Waals surface area contributed by atoms with Crippen LogP contribution in [-0.2, 0) is 16.1 Å². The summed E-state index contributed by atoms with van der Waals surface area (Å²) in [6, 6.07) is 5.78. The largest absolute Gasteiger partial charge is 0.481 e. The molecule has 10 heteroatoms. The summed E-state index contributed by atoms with van der Waals surface area (Å²) >= 11 is 0.979. The van der Waals surface area contributed by atoms with Crippen LogP contribution in [0.3, 0.4) is 0 Å². The van der Waals surface area contributed by atoms with Gasteiger partial charge in [0.2, 0.25) is 0 Å². The summed E-state index contributed by atoms with van der Waals surface area (Å²) in [7, 11) is 0. The van der Waals surface area contributed by atoms with Crippen LogP contribution in [0.4, 0.5) is 18.9 Å². The van der Waals surface area contributed by atoms with E-state index in [2.05, 4.69) is 4.98 Å². The van der Waals surface area contributed by atoms with Crippen LogP contribution in [0.5, 0.6) is 5.75 Å². The van der Waals surface area contributed by atoms with Crippen LogP contribution in [0.2, 0.25) is 0 Å². The lowest BCUT2D eigenvalue weighted by Gasteiger charge is -2.33. The van der Waals surface area contributed by atoms with Gasteiger partial charge < -0.3 is 9.84 Å². The topological polar surface area (TPSA) is 79.7 Å². The summed E-state index contributed by atoms with van der Waals surface area (Å²) in [6.07, 6.45) is -2.06. The lowest BCUT2D eigenvalue weighted by atomic mass is 10.1. The molecule has 1 atom stereocenters. The molecule has 1 unspecified atom stereocenters. The summed E-state index contributed by atoms with van der Waals surface area (Å²) in [6.45, 7) is -0.171. The molecule has 0 saturated carbocycles. The average molecular weight is 408 g/mol. The highest BCUT2D eigenvalue weighted by Crippen LogP contribution is 2.38. The van der Waals surface area contributed by atoms with Gasteiger partial charge in [0.1, 0.15) is 16.3 Å². The smallest absolute Gasteiger partial charge is 0.307 e. The maximum atomic E-state index is 14.2. The van der Waals surface area contributed by atoms with Crippen molar-refractivity contribution in [2.75, 3.05) is 4.90 Å². The molecule has 144 valence electrons. The van der Waals surface area contributed by atoms with E-state index in [-0.39, 0.29) is 33.2 Å². The van der Waals surface area contributed by atoms with Crippen molar-refractivity contribution in [3.05, 3.63) is 52.8 Å². The first kappa shape index (κ1) is 18.2. The first-order chi connectivity index (χ1) is 13.3. The van der Waals surface area contributed by atoms with Crippen molar-refractivity contribution in [3.8, 4) is 5.75 Å². The summed E-state index contributed by atoms with van der Waals surface area (Å²) in [4.78, 5) is 29.0. The summed E-state index contributed by atoms with van der Waals surface area (Å²) < 4.78 is 47.0. The van der Waals surface area contributed by atoms with Crippen molar-refractivity contribution in [2.24, 2.45) is 0 Å². The number of para-hydroxylation sites is 1. The predicted molar refractivity (Wildman–Crippen MR) is 93.8 cm³/mol. The number of carboxylic acids is 1. The maximum Gasteiger partial charge on any atom is 0.307 e. The molecule has 2 heterocycles. The zero-order valence-corrected chi connectivity index (χ0v) is 14.8. The molecule has 1 amide bonds. The van der Waals surface area contributed by atoms with Crippen LogP contribution in [0.15, 0.2) is 30.3 Å². The Hall–Kier alpha value is -3.14. The fraction of sp³-hybridized carbons (Fsp3) is 0.167. The van der Waals surface area contributed by atoms with Gasteiger partial charge >= 0.3 is 5.97 Å². The molecule has 0 radical (unpaired) electrons. The Labute approximate surface area is 159 Å². The Morgan fingerprint density at radius 1 is 1.25 bits per heavy atom. The molecule has 0 aliphatic carbocycles. The van der Waals surface area contributed by atoms with Gasteiger partial charge in [-0.3, -0.25) is 14.5 Å². The van der Waals surface area contributed by atoms with Crippen molar-refractivity contribution < 1.29 is 32.6 Å². The first-order valence-electron chi connectivity index (χ1n) is 8.06. The summed E-state index contributed by atoms with van der Waals surface area (Å²) in [5.74, 6) is -4.55. The van der Waals surface area contributed by atoms with Crippen LogP contribution >= 0.6 is 11.3 Å². The highest BCUT2D eigenvalue weighted by Gasteiger charge is 2.37. The van der Waals surface area contributed by atoms with Gasteiger partial charge in [-0.25, -0.2) is 18.2 Å². The Balaban J connectivity index is 1.75. The highest BCUT2D eigenvalue weighted by molar-refractivity contribution is 7.18. The minimum Gasteiger partial charge on any atom is -0.481 e. The van der Waals surface area contributed by atoms with Gasteiger partial charge in [0.05, 0.1) is 23.4 Å². The van der Waals surface area contributed by atoms with E-state index in [1.807, 2.05) is 0 Å². The molecule has 3 aromatic rings. The lowest BCUT2D eigenvalue weighted by molar-refractivity contribution is -0.142. The van der Waals surface area contributed by atoms with Gasteiger partial charge in [0.15, 0.2) is 23.5 Å². The van der Waals surface area contributed by atoms with E-state index in [9.17, 15) is 22.8 Å². The van der Waals surface area contributed by atoms with E-state index in [0.717, 1.165) is 28.4 Å². The molecule has 1 aromatic heterocycles. The molecule has 6 nitrogen and oxygen atoms in total. The van der Waals surface area contributed by atoms with Gasteiger partial charge in [-0.1, -0.05) is 6.07 Å². The van der Waals surface area contributed by atoms with Crippen molar-refractivity contribution >= 4 is 39.1 Å². The number of benzene rings is 2. The Morgan fingerprint density at radius 2 is 2.04 bits per heavy atom. The number of carbonyl (C=O) groups is 2. The number of amides is 1. The molecule has 4 rings (SSSR count). The van der Waals surface area contributed by atoms with E-state index in [1.54, 1.807) is 0 Å². The molecule has 0 spiro atoms. The number of anilines is 1. The molecule has 2 aromatic carbocycles. The number of hydrogen-bond acceptors (Lipinski definition) is 5. The summed E-state index contributed by atoms with van der Waals surface area (Å²) in [5, 5.41) is 9.27. The normalized spacial score (nSPS) is 16.2. The van der Waals surface area contributed by atoms with Gasteiger partial charge in [0, 0.05) is 6.07 Å². The number of ether oxygens (including phenoxy) is 1. The molecule has 1 N–H and O–H groups in total. The zero-order valence-electron chi connectivity index (χ0n) is 14.0. The van der Waals surface area contributed by atoms with Crippen molar-refractivity contribution in [1.29, 1.82) is 0 Å². The van der Waals surface area contributed by atoms with Crippen LogP contribution in [0, 0.1) is 17.5 Å². The standard InChI is InChI=1S/C18H11F3N2O4S/c19-8-4-10(21)16-13(5-8)28-14(22-16)7-23-11-3-1-2-9(20)17(11)27-12(18(23)26)6-15(24)25/h1-5,12H,6-7H2,(H,24,25). The fourth-order valence-corrected chi connectivity index (χ4v) is 3.96. The molecule has 1 aliphatic heterocycles. The van der Waals surface area contributed by atoms with Crippen LogP contribution in [0.25, 0.3) is 10.2 Å². The number of rotatable bonds is 4. The van der Waals surface area contributed by atoms with Gasteiger partial charge in [0.25, 0.3) is 5.91 Å². The molecular formula is C18H11F3N2O4S. The van der Waals surface area contributed by atoms with E-state index < -0.39 is 41.9 Å². The van der Waals surface area contributed by atoms with Crippen LogP contribution in [0.1, 0.15) is 11.4 Å². The number of aliphatic carboxylic acids is 1. The zero-order chi connectivity index (χ0) is 20.0. The van der Waals surface area contributed by atoms with Gasteiger partial charge in [-0.15, -0.1) is 11.3 Å². The number of fused-ring (bicyclic) bond motifs is 2. The van der Waals surface area contributed by atoms with Crippen LogP contribution in [-0.4, -0.2) is 28.1 Å². The Bertz CT molecular complexity index is 1120. The molecular weight excluding hydrogens is 397 g/mol. The minimum absolute atomic E-state index is 0.0383. The van der Waals surface area contributed by atoms with E-state index in [0.29, 0.717) is 6.07 Å². The van der Waals surface area contributed by atoms with E-state index >= 15 is 0 Å². The molecule has 1 aliphatic rings. The number of aromatic nitrogens is 1. The van der Waals surface area contributed by atoms with E-state index in [1.165, 1.54) is 12.1 Å². The molecule has 28 heavy (non-hydrogen) atoms. The predicted octanol–water partition coefficient (Wildman–Crippen LogP) is 3.48. The highest BCUT2D eigenvalue weighted by atomic mass is 32.1. The Kier molecular flexibility index (Phi) is 4.42. The number of halogens is 3. The number of carboxylic acid groups (broad SMARTS) is 1. The monoisotopic (exact) mass is 408 g/mol. The van der Waals surface area contributed by atoms with Gasteiger partial charge in [-0.2, -0.15) is 0 Å². The lowest BCUT2D eigenvalue weighted by Crippen LogP contribution is -2.46. The number of hydrogen-bond donors (Lipinski definition) is 1. The van der Waals surface area contributed by atoms with Gasteiger partial charge in [-0.05, 0) is 18.2 Å². The number of thiazole rings is 1. The maximum absolute atomic E-state index is 14.2. The molecule has 0 saturated heterocycles. The quantitative estimate of drug-likeness (QED) is 0.715. The fourth-order valence-electron chi connectivity index (χ4n) is 2.97. The number of carbonyl (C=O) groups excluding carboxylic acids is 1. The minimum atomic E-state index is -1.41. The van der Waals surface area contributed by atoms with Crippen molar-refractivity contribution in [3.63, 3.8) is 0 Å². The first-order valence-corrected chi connectivity index (χ1v) is 8.88. The summed E-state index contributed by atoms with van der Waals surface area (Å²) in [5.41, 5.74) is 0.0706. The molecule has 0 fully saturated rings. The number of nitrogens with zero attached hydrogens (tertiary/aromatic N) is 2. The third-order valence-electron chi connectivity index (χ3n) is 4.15. The second-order valence-electron chi connectivity index (χ2n) is 6.06. The van der Waals surface area contributed by atoms with Crippen molar-refractivity contribution in [1.82, 2.24) is 4.98 Å². The third-order valence-corrected chi connectivity index (χ3v) is 5.14. The second kappa shape index (κ2) is 6.79. The third kappa shape index (κ3) is 3.15. The second-order valence-corrected chi connectivity index (χ2v) is 7.17. The SMILES string of the molecule is O=C(O)CC1Oc2c(F)cccc2N(Cc2nc3c(F)cc(F)cc3s2)C1=O. The van der Waals surface area contributed by atoms with Crippen molar-refractivity contribution in [2.45, 2.75) is 19.1 Å².